The van der Waals surface area contributed by atoms with Crippen LogP contribution in [0.2, 0.25) is 0 Å². The minimum Gasteiger partial charge on any atom is -0.481 e. The molecule has 0 atom stereocenters. The number of halogens is 4. The molecule has 0 bridgehead atoms. The molecule has 0 spiro atoms. The fraction of sp³-hybridized carbons (Fsp3) is 0.333. The Bertz CT molecular complexity index is 512. The average Bonchev–Trinajstić information content (AvgIpc) is 2.20. The van der Waals surface area contributed by atoms with E-state index < -0.39 is 35.6 Å². The minimum absolute atomic E-state index is 0.00458. The largest absolute Gasteiger partial charge is 0.573 e. The van der Waals surface area contributed by atoms with Crippen LogP contribution in [0.15, 0.2) is 10.9 Å². The summed E-state index contributed by atoms with van der Waals surface area (Å²) < 4.78 is 39.9. The van der Waals surface area contributed by atoms with Crippen LogP contribution in [0.3, 0.4) is 0 Å². The van der Waals surface area contributed by atoms with Gasteiger partial charge < -0.3 is 14.8 Å². The first-order valence-electron chi connectivity index (χ1n) is 4.51. The molecule has 0 aliphatic rings. The standard InChI is InChI=1S/C9H7ClF3NO4/c10-3-4-1-6(18-9(11,12)13)5(2-7(15)16)8(17)14-4/h1H,2-3H2,(H,14,17)(H,15,16). The van der Waals surface area contributed by atoms with E-state index in [0.29, 0.717) is 0 Å². The van der Waals surface area contributed by atoms with Crippen LogP contribution >= 0.6 is 11.6 Å². The Hall–Kier alpha value is -1.70. The Labute approximate surface area is 103 Å². The zero-order valence-corrected chi connectivity index (χ0v) is 9.43. The van der Waals surface area contributed by atoms with Gasteiger partial charge in [-0.3, -0.25) is 9.59 Å². The van der Waals surface area contributed by atoms with Crippen LogP contribution in [0, 0.1) is 0 Å². The fourth-order valence-electron chi connectivity index (χ4n) is 1.22. The van der Waals surface area contributed by atoms with Gasteiger partial charge in [-0.15, -0.1) is 24.8 Å². The number of alkyl halides is 4. The number of hydrogen-bond donors (Lipinski definition) is 2. The van der Waals surface area contributed by atoms with Gasteiger partial charge in [0.2, 0.25) is 0 Å². The molecule has 5 nitrogen and oxygen atoms in total. The van der Waals surface area contributed by atoms with Gasteiger partial charge in [0.15, 0.2) is 0 Å². The first kappa shape index (κ1) is 14.4. The second-order valence-electron chi connectivity index (χ2n) is 3.22. The van der Waals surface area contributed by atoms with Crippen molar-refractivity contribution in [3.05, 3.63) is 27.7 Å². The summed E-state index contributed by atoms with van der Waals surface area (Å²) in [5.74, 6) is -2.55. The normalized spacial score (nSPS) is 11.3. The molecule has 2 N–H and O–H groups in total. The summed E-state index contributed by atoms with van der Waals surface area (Å²) in [5, 5.41) is 8.52. The summed E-state index contributed by atoms with van der Waals surface area (Å²) in [6.07, 6.45) is -5.91. The number of nitrogens with one attached hydrogen (secondary N) is 1. The minimum atomic E-state index is -5.02. The van der Waals surface area contributed by atoms with Crippen molar-refractivity contribution < 1.29 is 27.8 Å². The van der Waals surface area contributed by atoms with E-state index in [1.54, 1.807) is 0 Å². The molecule has 100 valence electrons. The van der Waals surface area contributed by atoms with Gasteiger partial charge >= 0.3 is 12.3 Å². The third kappa shape index (κ3) is 3.95. The highest BCUT2D eigenvalue weighted by molar-refractivity contribution is 6.16. The maximum atomic E-state index is 12.1. The van der Waals surface area contributed by atoms with Gasteiger partial charge in [-0.05, 0) is 0 Å². The van der Waals surface area contributed by atoms with E-state index in [1.807, 2.05) is 0 Å². The molecule has 1 aromatic rings. The summed E-state index contributed by atoms with van der Waals surface area (Å²) in [5.41, 5.74) is -1.60. The van der Waals surface area contributed by atoms with Crippen molar-refractivity contribution >= 4 is 17.6 Å². The lowest BCUT2D eigenvalue weighted by atomic mass is 10.1. The van der Waals surface area contributed by atoms with E-state index in [2.05, 4.69) is 9.72 Å². The summed E-state index contributed by atoms with van der Waals surface area (Å²) in [7, 11) is 0. The van der Waals surface area contributed by atoms with E-state index in [0.717, 1.165) is 6.07 Å². The molecule has 0 aliphatic heterocycles. The first-order valence-corrected chi connectivity index (χ1v) is 5.05. The topological polar surface area (TPSA) is 79.4 Å². The highest BCUT2D eigenvalue weighted by atomic mass is 35.5. The zero-order valence-electron chi connectivity index (χ0n) is 8.68. The monoisotopic (exact) mass is 285 g/mol. The van der Waals surface area contributed by atoms with Crippen molar-refractivity contribution in [3.8, 4) is 5.75 Å². The van der Waals surface area contributed by atoms with Crippen LogP contribution in [0.25, 0.3) is 0 Å². The molecule has 0 aromatic carbocycles. The number of pyridine rings is 1. The summed E-state index contributed by atoms with van der Waals surface area (Å²) in [4.78, 5) is 24.1. The highest BCUT2D eigenvalue weighted by Gasteiger charge is 2.33. The van der Waals surface area contributed by atoms with Gasteiger partial charge in [-0.2, -0.15) is 0 Å². The third-order valence-electron chi connectivity index (χ3n) is 1.85. The molecular weight excluding hydrogens is 279 g/mol. The quantitative estimate of drug-likeness (QED) is 0.824. The van der Waals surface area contributed by atoms with E-state index in [-0.39, 0.29) is 11.6 Å². The number of rotatable bonds is 4. The number of carboxylic acid groups (broad SMARTS) is 1. The number of aromatic nitrogens is 1. The third-order valence-corrected chi connectivity index (χ3v) is 2.14. The molecule has 0 saturated carbocycles. The molecule has 9 heteroatoms. The van der Waals surface area contributed by atoms with Crippen molar-refractivity contribution in [2.75, 3.05) is 0 Å². The van der Waals surface area contributed by atoms with Crippen LogP contribution < -0.4 is 10.3 Å². The highest BCUT2D eigenvalue weighted by Crippen LogP contribution is 2.25. The molecule has 0 fully saturated rings. The number of ether oxygens (including phenoxy) is 1. The lowest BCUT2D eigenvalue weighted by molar-refractivity contribution is -0.275. The molecule has 0 radical (unpaired) electrons. The Morgan fingerprint density at radius 2 is 2.11 bits per heavy atom. The summed E-state index contributed by atoms with van der Waals surface area (Å²) in [6.45, 7) is 0. The van der Waals surface area contributed by atoms with Crippen LogP contribution in [-0.2, 0) is 17.1 Å². The van der Waals surface area contributed by atoms with Gasteiger partial charge in [0, 0.05) is 11.8 Å². The smallest absolute Gasteiger partial charge is 0.481 e. The van der Waals surface area contributed by atoms with Gasteiger partial charge in [-0.25, -0.2) is 0 Å². The van der Waals surface area contributed by atoms with Crippen LogP contribution in [-0.4, -0.2) is 22.4 Å². The Balaban J connectivity index is 3.29. The summed E-state index contributed by atoms with van der Waals surface area (Å²) >= 11 is 5.38. The second-order valence-corrected chi connectivity index (χ2v) is 3.49. The number of carboxylic acids is 1. The van der Waals surface area contributed by atoms with E-state index in [9.17, 15) is 22.8 Å². The summed E-state index contributed by atoms with van der Waals surface area (Å²) in [6, 6.07) is 0.847. The van der Waals surface area contributed by atoms with Crippen molar-refractivity contribution in [1.82, 2.24) is 4.98 Å². The molecule has 1 rings (SSSR count). The number of aromatic amines is 1. The van der Waals surface area contributed by atoms with Crippen molar-refractivity contribution in [1.29, 1.82) is 0 Å². The number of aliphatic carboxylic acids is 1. The molecule has 1 aromatic heterocycles. The second kappa shape index (κ2) is 5.30. The SMILES string of the molecule is O=C(O)Cc1c(OC(F)(F)F)cc(CCl)[nH]c1=O. The number of hydrogen-bond acceptors (Lipinski definition) is 3. The Morgan fingerprint density at radius 3 is 2.56 bits per heavy atom. The van der Waals surface area contributed by atoms with E-state index >= 15 is 0 Å². The average molecular weight is 286 g/mol. The molecule has 0 unspecified atom stereocenters. The molecule has 0 saturated heterocycles. The molecule has 0 amide bonds. The van der Waals surface area contributed by atoms with Crippen molar-refractivity contribution in [2.24, 2.45) is 0 Å². The van der Waals surface area contributed by atoms with Crippen LogP contribution in [0.4, 0.5) is 13.2 Å². The predicted octanol–water partition coefficient (Wildman–Crippen LogP) is 1.64. The Kier molecular flexibility index (Phi) is 4.23. The molecule has 18 heavy (non-hydrogen) atoms. The molecule has 0 aliphatic carbocycles. The predicted molar refractivity (Wildman–Crippen MR) is 54.6 cm³/mol. The van der Waals surface area contributed by atoms with Gasteiger partial charge in [0.05, 0.1) is 17.9 Å². The lowest BCUT2D eigenvalue weighted by Gasteiger charge is -2.12. The fourth-order valence-corrected chi connectivity index (χ4v) is 1.36. The van der Waals surface area contributed by atoms with Crippen LogP contribution in [0.5, 0.6) is 5.75 Å². The van der Waals surface area contributed by atoms with E-state index in [1.165, 1.54) is 0 Å². The number of carbonyl (C=O) groups is 1. The van der Waals surface area contributed by atoms with Gasteiger partial charge in [0.1, 0.15) is 5.75 Å². The lowest BCUT2D eigenvalue weighted by Crippen LogP contribution is -2.24. The van der Waals surface area contributed by atoms with Crippen LogP contribution in [0.1, 0.15) is 11.3 Å². The first-order chi connectivity index (χ1) is 8.23. The van der Waals surface area contributed by atoms with E-state index in [4.69, 9.17) is 16.7 Å². The van der Waals surface area contributed by atoms with Crippen molar-refractivity contribution in [2.45, 2.75) is 18.7 Å². The maximum Gasteiger partial charge on any atom is 0.573 e. The maximum absolute atomic E-state index is 12.1. The molecular formula is C9H7ClF3NO4. The Morgan fingerprint density at radius 1 is 1.50 bits per heavy atom. The van der Waals surface area contributed by atoms with Gasteiger partial charge in [-0.1, -0.05) is 0 Å². The molecule has 1 heterocycles. The zero-order chi connectivity index (χ0) is 13.9. The number of H-pyrrole nitrogens is 1. The van der Waals surface area contributed by atoms with Gasteiger partial charge in [0.25, 0.3) is 5.56 Å². The van der Waals surface area contributed by atoms with Crippen molar-refractivity contribution in [3.63, 3.8) is 0 Å².